The van der Waals surface area contributed by atoms with Gasteiger partial charge in [0.15, 0.2) is 0 Å². The zero-order valence-electron chi connectivity index (χ0n) is 12.6. The van der Waals surface area contributed by atoms with E-state index in [1.54, 1.807) is 12.1 Å². The molecule has 20 heavy (non-hydrogen) atoms. The van der Waals surface area contributed by atoms with Crippen molar-refractivity contribution in [2.75, 3.05) is 13.6 Å². The maximum atomic E-state index is 11.9. The Hall–Kier alpha value is -1.26. The van der Waals surface area contributed by atoms with Crippen LogP contribution in [0.15, 0.2) is 24.3 Å². The minimum Gasteiger partial charge on any atom is -0.491 e. The van der Waals surface area contributed by atoms with Crippen LogP contribution in [0.2, 0.25) is 0 Å². The van der Waals surface area contributed by atoms with E-state index in [1.807, 2.05) is 33.0 Å². The molecular weight excluding hydrogens is 276 g/mol. The van der Waals surface area contributed by atoms with Gasteiger partial charge in [0, 0.05) is 18.2 Å². The minimum absolute atomic E-state index is 0. The highest BCUT2D eigenvalue weighted by atomic mass is 35.5. The average molecular weight is 301 g/mol. The standard InChI is InChI=1S/C15H24N2O2.ClH/c1-5-12(3)19-14-8-6-13(7-9-14)15(18)17-10-11(2)16-4;/h6-9,11-12,16H,5,10H2,1-4H3,(H,17,18);1H. The Morgan fingerprint density at radius 3 is 2.35 bits per heavy atom. The van der Waals surface area contributed by atoms with Gasteiger partial charge in [-0.2, -0.15) is 0 Å². The fraction of sp³-hybridized carbons (Fsp3) is 0.533. The topological polar surface area (TPSA) is 50.4 Å². The van der Waals surface area contributed by atoms with Crippen molar-refractivity contribution in [1.82, 2.24) is 10.6 Å². The summed E-state index contributed by atoms with van der Waals surface area (Å²) in [5.41, 5.74) is 0.653. The van der Waals surface area contributed by atoms with Gasteiger partial charge in [0.25, 0.3) is 5.91 Å². The molecule has 0 fully saturated rings. The molecule has 0 saturated carbocycles. The smallest absolute Gasteiger partial charge is 0.251 e. The highest BCUT2D eigenvalue weighted by molar-refractivity contribution is 5.94. The van der Waals surface area contributed by atoms with Crippen LogP contribution in [0, 0.1) is 0 Å². The highest BCUT2D eigenvalue weighted by Crippen LogP contribution is 2.14. The maximum absolute atomic E-state index is 11.9. The summed E-state index contributed by atoms with van der Waals surface area (Å²) in [5, 5.41) is 5.95. The van der Waals surface area contributed by atoms with Crippen LogP contribution in [-0.2, 0) is 0 Å². The van der Waals surface area contributed by atoms with Crippen LogP contribution < -0.4 is 15.4 Å². The molecule has 5 heteroatoms. The molecule has 0 heterocycles. The van der Waals surface area contributed by atoms with Crippen LogP contribution in [0.4, 0.5) is 0 Å². The van der Waals surface area contributed by atoms with E-state index in [0.29, 0.717) is 12.1 Å². The summed E-state index contributed by atoms with van der Waals surface area (Å²) in [5.74, 6) is 0.742. The van der Waals surface area contributed by atoms with Gasteiger partial charge in [-0.05, 0) is 51.6 Å². The first-order valence-corrected chi connectivity index (χ1v) is 6.79. The molecule has 1 aromatic rings. The van der Waals surface area contributed by atoms with Crippen molar-refractivity contribution in [3.63, 3.8) is 0 Å². The molecule has 0 aliphatic heterocycles. The lowest BCUT2D eigenvalue weighted by Crippen LogP contribution is -2.37. The molecule has 0 bridgehead atoms. The van der Waals surface area contributed by atoms with E-state index in [-0.39, 0.29) is 30.5 Å². The minimum atomic E-state index is -0.0582. The molecule has 0 saturated heterocycles. The summed E-state index contributed by atoms with van der Waals surface area (Å²) in [6.45, 7) is 6.74. The number of hydrogen-bond donors (Lipinski definition) is 2. The van der Waals surface area contributed by atoms with Gasteiger partial charge in [-0.3, -0.25) is 4.79 Å². The Kier molecular flexibility index (Phi) is 9.01. The van der Waals surface area contributed by atoms with E-state index in [9.17, 15) is 4.79 Å². The van der Waals surface area contributed by atoms with Gasteiger partial charge < -0.3 is 15.4 Å². The fourth-order valence-corrected chi connectivity index (χ4v) is 1.45. The Labute approximate surface area is 127 Å². The van der Waals surface area contributed by atoms with Gasteiger partial charge in [0.2, 0.25) is 0 Å². The first kappa shape index (κ1) is 18.7. The number of amides is 1. The van der Waals surface area contributed by atoms with Gasteiger partial charge in [-0.25, -0.2) is 0 Å². The first-order chi connectivity index (χ1) is 9.06. The molecule has 1 aromatic carbocycles. The summed E-state index contributed by atoms with van der Waals surface area (Å²) in [7, 11) is 1.87. The summed E-state index contributed by atoms with van der Waals surface area (Å²) in [6.07, 6.45) is 1.15. The number of benzene rings is 1. The number of hydrogen-bond acceptors (Lipinski definition) is 3. The second-order valence-corrected chi connectivity index (χ2v) is 4.76. The lowest BCUT2D eigenvalue weighted by Gasteiger charge is -2.13. The monoisotopic (exact) mass is 300 g/mol. The Bertz CT molecular complexity index is 395. The molecule has 2 N–H and O–H groups in total. The molecule has 114 valence electrons. The SMILES string of the molecule is CCC(C)Oc1ccc(C(=O)NCC(C)NC)cc1.Cl. The quantitative estimate of drug-likeness (QED) is 0.814. The maximum Gasteiger partial charge on any atom is 0.251 e. The van der Waals surface area contributed by atoms with Gasteiger partial charge in [0.05, 0.1) is 6.10 Å². The van der Waals surface area contributed by atoms with Crippen LogP contribution in [0.25, 0.3) is 0 Å². The predicted molar refractivity (Wildman–Crippen MR) is 84.9 cm³/mol. The average Bonchev–Trinajstić information content (AvgIpc) is 2.44. The van der Waals surface area contributed by atoms with Crippen molar-refractivity contribution in [2.24, 2.45) is 0 Å². The number of carbonyl (C=O) groups is 1. The highest BCUT2D eigenvalue weighted by Gasteiger charge is 2.07. The Morgan fingerprint density at radius 1 is 1.25 bits per heavy atom. The molecule has 0 aliphatic rings. The normalized spacial score (nSPS) is 13.0. The van der Waals surface area contributed by atoms with Crippen LogP contribution in [0.5, 0.6) is 5.75 Å². The number of ether oxygens (including phenoxy) is 1. The zero-order chi connectivity index (χ0) is 14.3. The molecule has 1 rings (SSSR count). The summed E-state index contributed by atoms with van der Waals surface area (Å²) in [4.78, 5) is 11.9. The van der Waals surface area contributed by atoms with Crippen molar-refractivity contribution < 1.29 is 9.53 Å². The predicted octanol–water partition coefficient (Wildman–Crippen LogP) is 2.62. The second-order valence-electron chi connectivity index (χ2n) is 4.76. The number of halogens is 1. The molecule has 0 aromatic heterocycles. The third-order valence-corrected chi connectivity index (χ3v) is 3.09. The van der Waals surface area contributed by atoms with Crippen LogP contribution in [-0.4, -0.2) is 31.6 Å². The molecule has 1 amide bonds. The Balaban J connectivity index is 0.00000361. The number of likely N-dealkylation sites (N-methyl/N-ethyl adjacent to an activating group) is 1. The van der Waals surface area contributed by atoms with E-state index in [4.69, 9.17) is 4.74 Å². The van der Waals surface area contributed by atoms with Gasteiger partial charge in [-0.1, -0.05) is 6.92 Å². The first-order valence-electron chi connectivity index (χ1n) is 6.79. The largest absolute Gasteiger partial charge is 0.491 e. The summed E-state index contributed by atoms with van der Waals surface area (Å²) in [6, 6.07) is 7.51. The third-order valence-electron chi connectivity index (χ3n) is 3.09. The summed E-state index contributed by atoms with van der Waals surface area (Å²) < 4.78 is 5.67. The van der Waals surface area contributed by atoms with Crippen LogP contribution in [0.1, 0.15) is 37.6 Å². The summed E-state index contributed by atoms with van der Waals surface area (Å²) >= 11 is 0. The number of carbonyl (C=O) groups excluding carboxylic acids is 1. The molecule has 0 radical (unpaired) electrons. The van der Waals surface area contributed by atoms with Crippen molar-refractivity contribution in [1.29, 1.82) is 0 Å². The van der Waals surface area contributed by atoms with Gasteiger partial charge >= 0.3 is 0 Å². The lowest BCUT2D eigenvalue weighted by molar-refractivity contribution is 0.0950. The van der Waals surface area contributed by atoms with E-state index in [1.165, 1.54) is 0 Å². The van der Waals surface area contributed by atoms with E-state index in [2.05, 4.69) is 17.6 Å². The van der Waals surface area contributed by atoms with E-state index >= 15 is 0 Å². The molecule has 0 spiro atoms. The van der Waals surface area contributed by atoms with Crippen LogP contribution in [0.3, 0.4) is 0 Å². The van der Waals surface area contributed by atoms with Crippen molar-refractivity contribution in [3.8, 4) is 5.75 Å². The van der Waals surface area contributed by atoms with Crippen molar-refractivity contribution >= 4 is 18.3 Å². The number of rotatable bonds is 7. The zero-order valence-corrected chi connectivity index (χ0v) is 13.4. The van der Waals surface area contributed by atoms with Crippen molar-refractivity contribution in [3.05, 3.63) is 29.8 Å². The van der Waals surface area contributed by atoms with E-state index in [0.717, 1.165) is 12.2 Å². The fourth-order valence-electron chi connectivity index (χ4n) is 1.45. The van der Waals surface area contributed by atoms with Gasteiger partial charge in [-0.15, -0.1) is 12.4 Å². The molecular formula is C15H25ClN2O2. The molecule has 0 aliphatic carbocycles. The second kappa shape index (κ2) is 9.61. The number of nitrogens with one attached hydrogen (secondary N) is 2. The van der Waals surface area contributed by atoms with Crippen LogP contribution >= 0.6 is 12.4 Å². The van der Waals surface area contributed by atoms with E-state index < -0.39 is 0 Å². The molecule has 2 unspecified atom stereocenters. The lowest BCUT2D eigenvalue weighted by atomic mass is 10.2. The third kappa shape index (κ3) is 6.26. The Morgan fingerprint density at radius 2 is 1.85 bits per heavy atom. The molecule has 2 atom stereocenters. The van der Waals surface area contributed by atoms with Crippen molar-refractivity contribution in [2.45, 2.75) is 39.3 Å². The molecule has 4 nitrogen and oxygen atoms in total. The van der Waals surface area contributed by atoms with Gasteiger partial charge in [0.1, 0.15) is 5.75 Å².